The standard InChI is InChI=1S/C17H15Cl2NO3S/c1-11(15-6-3-9-24-15)20-16(21)10-23-17(22)8-7-12-13(18)4-2-5-14(12)19/h2-9,11H,10H2,1H3,(H,20,21)/b8-7+/t11-/m0/s1. The van der Waals surface area contributed by atoms with E-state index >= 15 is 0 Å². The summed E-state index contributed by atoms with van der Waals surface area (Å²) in [7, 11) is 0. The van der Waals surface area contributed by atoms with Crippen molar-refractivity contribution in [3.8, 4) is 0 Å². The van der Waals surface area contributed by atoms with Crippen LogP contribution in [0.5, 0.6) is 0 Å². The third-order valence-electron chi connectivity index (χ3n) is 3.08. The molecule has 0 unspecified atom stereocenters. The van der Waals surface area contributed by atoms with Gasteiger partial charge in [0.15, 0.2) is 6.61 Å². The number of hydrogen-bond acceptors (Lipinski definition) is 4. The van der Waals surface area contributed by atoms with Crippen LogP contribution in [-0.2, 0) is 14.3 Å². The van der Waals surface area contributed by atoms with Crippen LogP contribution in [0.1, 0.15) is 23.4 Å². The van der Waals surface area contributed by atoms with Crippen LogP contribution in [0.3, 0.4) is 0 Å². The predicted octanol–water partition coefficient (Wildman–Crippen LogP) is 4.49. The van der Waals surface area contributed by atoms with Crippen LogP contribution in [0.4, 0.5) is 0 Å². The Hall–Kier alpha value is -1.82. The lowest BCUT2D eigenvalue weighted by molar-refractivity contribution is -0.144. The Balaban J connectivity index is 1.82. The highest BCUT2D eigenvalue weighted by atomic mass is 35.5. The second-order valence-corrected chi connectivity index (χ2v) is 6.67. The van der Waals surface area contributed by atoms with Crippen LogP contribution in [0, 0.1) is 0 Å². The van der Waals surface area contributed by atoms with Crippen molar-refractivity contribution in [2.75, 3.05) is 6.61 Å². The number of ether oxygens (including phenoxy) is 1. The summed E-state index contributed by atoms with van der Waals surface area (Å²) >= 11 is 13.5. The molecule has 0 saturated heterocycles. The summed E-state index contributed by atoms with van der Waals surface area (Å²) in [4.78, 5) is 24.5. The van der Waals surface area contributed by atoms with Gasteiger partial charge in [0.05, 0.1) is 6.04 Å². The van der Waals surface area contributed by atoms with Crippen LogP contribution < -0.4 is 5.32 Å². The molecule has 1 amide bonds. The molecule has 0 aliphatic carbocycles. The molecule has 0 fully saturated rings. The summed E-state index contributed by atoms with van der Waals surface area (Å²) in [6.07, 6.45) is 2.64. The Bertz CT molecular complexity index is 724. The highest BCUT2D eigenvalue weighted by Gasteiger charge is 2.11. The molecule has 0 radical (unpaired) electrons. The zero-order valence-corrected chi connectivity index (χ0v) is 15.1. The van der Waals surface area contributed by atoms with Crippen molar-refractivity contribution in [1.29, 1.82) is 0 Å². The first-order valence-electron chi connectivity index (χ1n) is 7.09. The van der Waals surface area contributed by atoms with E-state index in [1.165, 1.54) is 12.2 Å². The second-order valence-electron chi connectivity index (χ2n) is 4.88. The zero-order chi connectivity index (χ0) is 17.5. The summed E-state index contributed by atoms with van der Waals surface area (Å²) in [5.74, 6) is -1.02. The van der Waals surface area contributed by atoms with Crippen molar-refractivity contribution in [3.63, 3.8) is 0 Å². The summed E-state index contributed by atoms with van der Waals surface area (Å²) in [5.41, 5.74) is 0.522. The van der Waals surface area contributed by atoms with Gasteiger partial charge in [-0.3, -0.25) is 4.79 Å². The minimum atomic E-state index is -0.648. The van der Waals surface area contributed by atoms with E-state index in [-0.39, 0.29) is 18.6 Å². The average Bonchev–Trinajstić information content (AvgIpc) is 3.07. The predicted molar refractivity (Wildman–Crippen MR) is 97.3 cm³/mol. The van der Waals surface area contributed by atoms with E-state index in [9.17, 15) is 9.59 Å². The second kappa shape index (κ2) is 8.87. The highest BCUT2D eigenvalue weighted by molar-refractivity contribution is 7.10. The van der Waals surface area contributed by atoms with E-state index in [1.807, 2.05) is 24.4 Å². The Morgan fingerprint density at radius 3 is 2.58 bits per heavy atom. The van der Waals surface area contributed by atoms with Gasteiger partial charge in [-0.25, -0.2) is 4.79 Å². The monoisotopic (exact) mass is 383 g/mol. The fraction of sp³-hybridized carbons (Fsp3) is 0.176. The maximum Gasteiger partial charge on any atom is 0.331 e. The van der Waals surface area contributed by atoms with Gasteiger partial charge < -0.3 is 10.1 Å². The number of esters is 1. The maximum atomic E-state index is 11.8. The van der Waals surface area contributed by atoms with Crippen molar-refractivity contribution in [1.82, 2.24) is 5.32 Å². The van der Waals surface area contributed by atoms with Gasteiger partial charge >= 0.3 is 5.97 Å². The van der Waals surface area contributed by atoms with E-state index in [0.717, 1.165) is 4.88 Å². The van der Waals surface area contributed by atoms with Gasteiger partial charge in [0.25, 0.3) is 5.91 Å². The van der Waals surface area contributed by atoms with Crippen molar-refractivity contribution in [2.24, 2.45) is 0 Å². The lowest BCUT2D eigenvalue weighted by Crippen LogP contribution is -2.30. The summed E-state index contributed by atoms with van der Waals surface area (Å²) in [5, 5.41) is 5.54. The molecule has 0 aliphatic rings. The van der Waals surface area contributed by atoms with Crippen molar-refractivity contribution in [3.05, 3.63) is 62.3 Å². The number of hydrogen-bond donors (Lipinski definition) is 1. The third kappa shape index (κ3) is 5.37. The molecule has 1 heterocycles. The first-order valence-corrected chi connectivity index (χ1v) is 8.72. The smallest absolute Gasteiger partial charge is 0.331 e. The minimum absolute atomic E-state index is 0.131. The number of nitrogens with one attached hydrogen (secondary N) is 1. The quantitative estimate of drug-likeness (QED) is 0.590. The van der Waals surface area contributed by atoms with Gasteiger partial charge in [0.1, 0.15) is 0 Å². The first-order chi connectivity index (χ1) is 11.5. The molecule has 2 rings (SSSR count). The number of benzene rings is 1. The molecule has 7 heteroatoms. The van der Waals surface area contributed by atoms with Gasteiger partial charge in [-0.2, -0.15) is 0 Å². The van der Waals surface area contributed by atoms with Gasteiger partial charge in [0, 0.05) is 26.6 Å². The van der Waals surface area contributed by atoms with Crippen molar-refractivity contribution < 1.29 is 14.3 Å². The van der Waals surface area contributed by atoms with Crippen LogP contribution >= 0.6 is 34.5 Å². The van der Waals surface area contributed by atoms with E-state index < -0.39 is 5.97 Å². The molecule has 1 aromatic heterocycles. The fourth-order valence-corrected chi connectivity index (χ4v) is 3.16. The molecule has 0 saturated carbocycles. The number of thiophene rings is 1. The molecule has 1 N–H and O–H groups in total. The summed E-state index contributed by atoms with van der Waals surface area (Å²) < 4.78 is 4.90. The fourth-order valence-electron chi connectivity index (χ4n) is 1.90. The van der Waals surface area contributed by atoms with Crippen LogP contribution in [0.15, 0.2) is 41.8 Å². The van der Waals surface area contributed by atoms with Gasteiger partial charge in [-0.15, -0.1) is 11.3 Å². The number of rotatable bonds is 6. The van der Waals surface area contributed by atoms with Gasteiger partial charge in [-0.05, 0) is 36.6 Å². The van der Waals surface area contributed by atoms with Gasteiger partial charge in [0.2, 0.25) is 0 Å². The molecule has 24 heavy (non-hydrogen) atoms. The molecular weight excluding hydrogens is 369 g/mol. The molecule has 126 valence electrons. The zero-order valence-electron chi connectivity index (χ0n) is 12.8. The maximum absolute atomic E-state index is 11.8. The van der Waals surface area contributed by atoms with Crippen LogP contribution in [0.25, 0.3) is 6.08 Å². The Morgan fingerprint density at radius 2 is 1.96 bits per heavy atom. The lowest BCUT2D eigenvalue weighted by Gasteiger charge is -2.11. The Labute approximate surface area is 154 Å². The van der Waals surface area contributed by atoms with E-state index in [0.29, 0.717) is 15.6 Å². The highest BCUT2D eigenvalue weighted by Crippen LogP contribution is 2.25. The van der Waals surface area contributed by atoms with Crippen LogP contribution in [-0.4, -0.2) is 18.5 Å². The van der Waals surface area contributed by atoms with Crippen molar-refractivity contribution in [2.45, 2.75) is 13.0 Å². The molecule has 1 aromatic carbocycles. The van der Waals surface area contributed by atoms with E-state index in [4.69, 9.17) is 27.9 Å². The summed E-state index contributed by atoms with van der Waals surface area (Å²) in [6.45, 7) is 1.51. The molecule has 1 atom stereocenters. The lowest BCUT2D eigenvalue weighted by atomic mass is 10.2. The van der Waals surface area contributed by atoms with E-state index in [1.54, 1.807) is 29.5 Å². The normalized spacial score (nSPS) is 12.1. The van der Waals surface area contributed by atoms with E-state index in [2.05, 4.69) is 5.32 Å². The minimum Gasteiger partial charge on any atom is -0.452 e. The SMILES string of the molecule is C[C@H](NC(=O)COC(=O)/C=C/c1c(Cl)cccc1Cl)c1cccs1. The molecule has 2 aromatic rings. The number of amides is 1. The topological polar surface area (TPSA) is 55.4 Å². The van der Waals surface area contributed by atoms with Gasteiger partial charge in [-0.1, -0.05) is 35.3 Å². The molecule has 0 bridgehead atoms. The largest absolute Gasteiger partial charge is 0.452 e. The van der Waals surface area contributed by atoms with Crippen molar-refractivity contribution >= 4 is 52.5 Å². The van der Waals surface area contributed by atoms with Crippen LogP contribution in [0.2, 0.25) is 10.0 Å². The number of halogens is 2. The number of carbonyl (C=O) groups excluding carboxylic acids is 2. The molecule has 0 aliphatic heterocycles. The molecular formula is C17H15Cl2NO3S. The average molecular weight is 384 g/mol. The first kappa shape index (κ1) is 18.5. The Kier molecular flexibility index (Phi) is 6.85. The third-order valence-corrected chi connectivity index (χ3v) is 4.79. The Morgan fingerprint density at radius 1 is 1.25 bits per heavy atom. The summed E-state index contributed by atoms with van der Waals surface area (Å²) in [6, 6.07) is 8.74. The molecule has 0 spiro atoms. The number of carbonyl (C=O) groups is 2. The molecule has 4 nitrogen and oxygen atoms in total.